The van der Waals surface area contributed by atoms with Crippen LogP contribution in [0.4, 0.5) is 24.8 Å². The number of alkyl halides is 3. The first-order valence-electron chi connectivity index (χ1n) is 8.25. The van der Waals surface area contributed by atoms with Crippen molar-refractivity contribution in [1.29, 1.82) is 0 Å². The lowest BCUT2D eigenvalue weighted by molar-refractivity contribution is -0.137. The van der Waals surface area contributed by atoms with Gasteiger partial charge in [-0.3, -0.25) is 4.72 Å². The van der Waals surface area contributed by atoms with Gasteiger partial charge in [-0.2, -0.15) is 25.9 Å². The van der Waals surface area contributed by atoms with Crippen molar-refractivity contribution in [1.82, 2.24) is 14.3 Å². The van der Waals surface area contributed by atoms with E-state index in [9.17, 15) is 21.6 Å². The second kappa shape index (κ2) is 7.72. The van der Waals surface area contributed by atoms with Crippen molar-refractivity contribution in [2.45, 2.75) is 13.1 Å². The molecule has 2 aromatic heterocycles. The Morgan fingerprint density at radius 1 is 1.18 bits per heavy atom. The van der Waals surface area contributed by atoms with Crippen molar-refractivity contribution in [2.24, 2.45) is 0 Å². The van der Waals surface area contributed by atoms with Crippen LogP contribution in [0.5, 0.6) is 0 Å². The van der Waals surface area contributed by atoms with Crippen molar-refractivity contribution < 1.29 is 21.6 Å². The maximum absolute atomic E-state index is 12.7. The van der Waals surface area contributed by atoms with E-state index in [0.717, 1.165) is 12.3 Å². The molecule has 3 heterocycles. The van der Waals surface area contributed by atoms with Gasteiger partial charge in [-0.05, 0) is 25.1 Å². The molecular weight excluding hydrogens is 419 g/mol. The summed E-state index contributed by atoms with van der Waals surface area (Å²) in [4.78, 5) is 9.57. The third-order valence-corrected chi connectivity index (χ3v) is 5.94. The normalized spacial score (nSPS) is 16.2. The summed E-state index contributed by atoms with van der Waals surface area (Å²) in [5.74, 6) is 0.412. The quantitative estimate of drug-likeness (QED) is 0.798. The van der Waals surface area contributed by atoms with E-state index in [2.05, 4.69) is 14.7 Å². The first-order chi connectivity index (χ1) is 13.1. The molecule has 1 saturated heterocycles. The zero-order valence-electron chi connectivity index (χ0n) is 14.7. The molecule has 0 atom stereocenters. The summed E-state index contributed by atoms with van der Waals surface area (Å²) in [7, 11) is -3.80. The smallest absolute Gasteiger partial charge is 0.353 e. The maximum atomic E-state index is 12.7. The Kier molecular flexibility index (Phi) is 5.69. The Labute approximate surface area is 165 Å². The number of anilines is 2. The molecule has 0 spiro atoms. The monoisotopic (exact) mass is 435 g/mol. The molecule has 0 amide bonds. The zero-order valence-corrected chi connectivity index (χ0v) is 16.3. The Balaban J connectivity index is 1.67. The molecule has 0 bridgehead atoms. The van der Waals surface area contributed by atoms with E-state index in [0.29, 0.717) is 5.69 Å². The Hall–Kier alpha value is -2.11. The topological polar surface area (TPSA) is 78.4 Å². The van der Waals surface area contributed by atoms with Crippen LogP contribution >= 0.6 is 11.6 Å². The molecule has 0 aromatic carbocycles. The summed E-state index contributed by atoms with van der Waals surface area (Å²) in [6.45, 7) is 2.47. The maximum Gasteiger partial charge on any atom is 0.417 e. The van der Waals surface area contributed by atoms with Gasteiger partial charge in [0.1, 0.15) is 11.6 Å². The van der Waals surface area contributed by atoms with Crippen LogP contribution in [0.15, 0.2) is 30.5 Å². The van der Waals surface area contributed by atoms with Gasteiger partial charge in [-0.15, -0.1) is 0 Å². The van der Waals surface area contributed by atoms with Crippen molar-refractivity contribution in [3.8, 4) is 0 Å². The lowest BCUT2D eigenvalue weighted by Crippen LogP contribution is -2.50. The number of hydrogen-bond acceptors (Lipinski definition) is 5. The fraction of sp³-hybridized carbons (Fsp3) is 0.375. The Bertz CT molecular complexity index is 963. The summed E-state index contributed by atoms with van der Waals surface area (Å²) in [6.07, 6.45) is -3.81. The van der Waals surface area contributed by atoms with Gasteiger partial charge in [-0.1, -0.05) is 17.7 Å². The molecule has 7 nitrogen and oxygen atoms in total. The number of piperazine rings is 1. The van der Waals surface area contributed by atoms with E-state index in [1.54, 1.807) is 30.0 Å². The van der Waals surface area contributed by atoms with Crippen molar-refractivity contribution in [3.05, 3.63) is 46.7 Å². The fourth-order valence-corrected chi connectivity index (χ4v) is 4.19. The highest BCUT2D eigenvalue weighted by molar-refractivity contribution is 7.90. The lowest BCUT2D eigenvalue weighted by Gasteiger charge is -2.35. The Morgan fingerprint density at radius 3 is 2.43 bits per heavy atom. The summed E-state index contributed by atoms with van der Waals surface area (Å²) in [5, 5.41) is -0.131. The lowest BCUT2D eigenvalue weighted by atomic mass is 10.2. The molecule has 1 fully saturated rings. The average molecular weight is 436 g/mol. The molecule has 152 valence electrons. The number of nitrogens with one attached hydrogen (secondary N) is 1. The van der Waals surface area contributed by atoms with Crippen LogP contribution in [0, 0.1) is 6.92 Å². The van der Waals surface area contributed by atoms with Crippen LogP contribution in [-0.4, -0.2) is 48.9 Å². The fourth-order valence-electron chi connectivity index (χ4n) is 2.76. The van der Waals surface area contributed by atoms with Gasteiger partial charge in [0.25, 0.3) is 0 Å². The van der Waals surface area contributed by atoms with E-state index in [1.807, 2.05) is 0 Å². The van der Waals surface area contributed by atoms with Crippen LogP contribution in [-0.2, 0) is 16.4 Å². The largest absolute Gasteiger partial charge is 0.417 e. The molecule has 28 heavy (non-hydrogen) atoms. The van der Waals surface area contributed by atoms with Crippen LogP contribution in [0.2, 0.25) is 5.02 Å². The molecule has 0 saturated carbocycles. The second-order valence-corrected chi connectivity index (χ2v) is 8.26. The molecular formula is C16H17ClF3N5O2S. The number of aryl methyl sites for hydroxylation is 1. The van der Waals surface area contributed by atoms with Crippen molar-refractivity contribution in [3.63, 3.8) is 0 Å². The number of hydrogen-bond donors (Lipinski definition) is 1. The van der Waals surface area contributed by atoms with E-state index in [1.165, 1.54) is 4.31 Å². The molecule has 0 radical (unpaired) electrons. The highest BCUT2D eigenvalue weighted by atomic mass is 35.5. The molecule has 2 aromatic rings. The third kappa shape index (κ3) is 4.65. The first kappa shape index (κ1) is 20.6. The van der Waals surface area contributed by atoms with Crippen molar-refractivity contribution in [2.75, 3.05) is 35.8 Å². The minimum Gasteiger partial charge on any atom is -0.353 e. The van der Waals surface area contributed by atoms with Gasteiger partial charge in [0.2, 0.25) is 0 Å². The van der Waals surface area contributed by atoms with E-state index in [4.69, 9.17) is 11.6 Å². The second-order valence-electron chi connectivity index (χ2n) is 6.18. The SMILES string of the molecule is Cc1cccc(NS(=O)(=O)N2CCN(c3ncc(C(F)(F)F)cc3Cl)CC2)n1. The summed E-state index contributed by atoms with van der Waals surface area (Å²) in [6, 6.07) is 5.80. The van der Waals surface area contributed by atoms with Gasteiger partial charge in [0.15, 0.2) is 0 Å². The minimum absolute atomic E-state index is 0.125. The number of aromatic nitrogens is 2. The van der Waals surface area contributed by atoms with E-state index < -0.39 is 21.9 Å². The first-order valence-corrected chi connectivity index (χ1v) is 10.1. The molecule has 1 aliphatic heterocycles. The molecule has 0 aliphatic carbocycles. The van der Waals surface area contributed by atoms with Crippen molar-refractivity contribution >= 4 is 33.4 Å². The number of halogens is 4. The molecule has 1 N–H and O–H groups in total. The van der Waals surface area contributed by atoms with Crippen LogP contribution in [0.25, 0.3) is 0 Å². The predicted molar refractivity (Wildman–Crippen MR) is 99.6 cm³/mol. The summed E-state index contributed by atoms with van der Waals surface area (Å²) in [5.41, 5.74) is -0.259. The molecule has 1 aliphatic rings. The van der Waals surface area contributed by atoms with E-state index >= 15 is 0 Å². The van der Waals surface area contributed by atoms with Gasteiger partial charge in [-0.25, -0.2) is 9.97 Å². The highest BCUT2D eigenvalue weighted by Crippen LogP contribution is 2.33. The van der Waals surface area contributed by atoms with Crippen LogP contribution < -0.4 is 9.62 Å². The van der Waals surface area contributed by atoms with Gasteiger partial charge < -0.3 is 4.90 Å². The standard InChI is InChI=1S/C16H17ClF3N5O2S/c1-11-3-2-4-14(22-11)23-28(26,27)25-7-5-24(6-8-25)15-13(17)9-12(10-21-15)16(18,19)20/h2-4,9-10H,5-8H2,1H3,(H,22,23). The zero-order chi connectivity index (χ0) is 20.5. The Morgan fingerprint density at radius 2 is 1.86 bits per heavy atom. The number of pyridine rings is 2. The van der Waals surface area contributed by atoms with Gasteiger partial charge in [0.05, 0.1) is 10.6 Å². The van der Waals surface area contributed by atoms with Crippen LogP contribution in [0.3, 0.4) is 0 Å². The van der Waals surface area contributed by atoms with Crippen LogP contribution in [0.1, 0.15) is 11.3 Å². The molecule has 12 heteroatoms. The summed E-state index contributed by atoms with van der Waals surface area (Å²) >= 11 is 5.96. The third-order valence-electron chi connectivity index (χ3n) is 4.15. The van der Waals surface area contributed by atoms with Gasteiger partial charge >= 0.3 is 16.4 Å². The van der Waals surface area contributed by atoms with Gasteiger partial charge in [0, 0.05) is 38.1 Å². The number of rotatable bonds is 4. The molecule has 0 unspecified atom stereocenters. The average Bonchev–Trinajstić information content (AvgIpc) is 2.60. The predicted octanol–water partition coefficient (Wildman–Crippen LogP) is 2.94. The number of nitrogens with zero attached hydrogens (tertiary/aromatic N) is 4. The van der Waals surface area contributed by atoms with E-state index in [-0.39, 0.29) is 42.8 Å². The summed E-state index contributed by atoms with van der Waals surface area (Å²) < 4.78 is 66.9. The highest BCUT2D eigenvalue weighted by Gasteiger charge is 2.33. The molecule has 3 rings (SSSR count). The minimum atomic E-state index is -4.53.